The summed E-state index contributed by atoms with van der Waals surface area (Å²) in [6.45, 7) is 0. The van der Waals surface area contributed by atoms with Crippen molar-refractivity contribution >= 4 is 5.91 Å². The van der Waals surface area contributed by atoms with Crippen LogP contribution >= 0.6 is 0 Å². The molecule has 2 rings (SSSR count). The minimum absolute atomic E-state index is 0.141. The summed E-state index contributed by atoms with van der Waals surface area (Å²) in [6, 6.07) is 3.35. The summed E-state index contributed by atoms with van der Waals surface area (Å²) in [5.74, 6) is 1.04. The van der Waals surface area contributed by atoms with Crippen LogP contribution in [0, 0.1) is 0 Å². The monoisotopic (exact) mass is 257 g/mol. The summed E-state index contributed by atoms with van der Waals surface area (Å²) in [7, 11) is 3.24. The Balaban J connectivity index is 2.16. The smallest absolute Gasteiger partial charge is 0.260 e. The number of amides is 1. The summed E-state index contributed by atoms with van der Waals surface area (Å²) in [5.41, 5.74) is 0.503. The molecule has 0 aromatic carbocycles. The summed E-state index contributed by atoms with van der Waals surface area (Å²) in [4.78, 5) is 17.8. The van der Waals surface area contributed by atoms with E-state index in [0.29, 0.717) is 17.3 Å². The Morgan fingerprint density at radius 3 is 2.84 bits per heavy atom. The van der Waals surface area contributed by atoms with Crippen LogP contribution in [0.25, 0.3) is 0 Å². The fourth-order valence-electron chi connectivity index (χ4n) is 1.59. The first kappa shape index (κ1) is 12.9. The Morgan fingerprint density at radius 1 is 1.32 bits per heavy atom. The van der Waals surface area contributed by atoms with Crippen molar-refractivity contribution in [2.24, 2.45) is 0 Å². The van der Waals surface area contributed by atoms with Gasteiger partial charge in [-0.25, -0.2) is 4.98 Å². The minimum Gasteiger partial charge on any atom is -0.481 e. The van der Waals surface area contributed by atoms with Gasteiger partial charge in [-0.2, -0.15) is 0 Å². The molecule has 1 amide bonds. The van der Waals surface area contributed by atoms with Gasteiger partial charge in [-0.15, -0.1) is 0 Å². The Morgan fingerprint density at radius 2 is 2.16 bits per heavy atom. The van der Waals surface area contributed by atoms with Gasteiger partial charge < -0.3 is 10.1 Å². The van der Waals surface area contributed by atoms with Crippen LogP contribution in [0.2, 0.25) is 0 Å². The molecule has 0 saturated carbocycles. The SMILES string of the molecule is COc1ccc(C(=O)N(C)C2=CC=CC=CN2)cn1. The Kier molecular flexibility index (Phi) is 3.97. The third-order valence-corrected chi connectivity index (χ3v) is 2.66. The van der Waals surface area contributed by atoms with Gasteiger partial charge >= 0.3 is 0 Å². The molecule has 0 atom stereocenters. The Hall–Kier alpha value is -2.56. The highest BCUT2D eigenvalue weighted by Crippen LogP contribution is 2.11. The zero-order chi connectivity index (χ0) is 13.7. The van der Waals surface area contributed by atoms with Crippen LogP contribution in [0.15, 0.2) is 54.7 Å². The van der Waals surface area contributed by atoms with Crippen molar-refractivity contribution in [1.29, 1.82) is 0 Å². The van der Waals surface area contributed by atoms with Crippen LogP contribution < -0.4 is 10.1 Å². The molecular formula is C14H15N3O2. The highest BCUT2D eigenvalue weighted by atomic mass is 16.5. The number of hydrogen-bond donors (Lipinski definition) is 1. The molecular weight excluding hydrogens is 242 g/mol. The van der Waals surface area contributed by atoms with Crippen molar-refractivity contribution in [3.8, 4) is 5.88 Å². The third kappa shape index (κ3) is 3.01. The van der Waals surface area contributed by atoms with Crippen LogP contribution in [0.1, 0.15) is 10.4 Å². The standard InChI is InChI=1S/C14H15N3O2/c1-17(12-6-4-3-5-9-15-12)14(18)11-7-8-13(19-2)16-10-11/h3-10,15H,1-2H3. The number of hydrogen-bond acceptors (Lipinski definition) is 4. The van der Waals surface area contributed by atoms with E-state index < -0.39 is 0 Å². The predicted octanol–water partition coefficient (Wildman–Crippen LogP) is 1.68. The number of methoxy groups -OCH3 is 1. The number of ether oxygens (including phenoxy) is 1. The maximum Gasteiger partial charge on any atom is 0.260 e. The second-order valence-electron chi connectivity index (χ2n) is 3.89. The molecule has 0 fully saturated rings. The second-order valence-corrected chi connectivity index (χ2v) is 3.89. The van der Waals surface area contributed by atoms with Crippen LogP contribution in [0.3, 0.4) is 0 Å². The molecule has 1 aliphatic heterocycles. The summed E-state index contributed by atoms with van der Waals surface area (Å²) >= 11 is 0. The van der Waals surface area contributed by atoms with Gasteiger partial charge in [0.25, 0.3) is 5.91 Å². The Bertz CT molecular complexity index is 544. The van der Waals surface area contributed by atoms with Crippen LogP contribution in [0.5, 0.6) is 5.88 Å². The molecule has 2 heterocycles. The normalized spacial score (nSPS) is 13.3. The maximum atomic E-state index is 12.3. The molecule has 98 valence electrons. The van der Waals surface area contributed by atoms with E-state index in [2.05, 4.69) is 10.3 Å². The lowest BCUT2D eigenvalue weighted by Gasteiger charge is -2.20. The van der Waals surface area contributed by atoms with Crippen molar-refractivity contribution in [2.75, 3.05) is 14.2 Å². The maximum absolute atomic E-state index is 12.3. The average Bonchev–Trinajstić information content (AvgIpc) is 2.75. The van der Waals surface area contributed by atoms with Crippen molar-refractivity contribution in [3.05, 3.63) is 60.2 Å². The highest BCUT2D eigenvalue weighted by molar-refractivity contribution is 5.94. The lowest BCUT2D eigenvalue weighted by atomic mass is 10.2. The van der Waals surface area contributed by atoms with Crippen molar-refractivity contribution in [2.45, 2.75) is 0 Å². The minimum atomic E-state index is -0.141. The zero-order valence-corrected chi connectivity index (χ0v) is 10.8. The molecule has 1 N–H and O–H groups in total. The van der Waals surface area contributed by atoms with Gasteiger partial charge in [-0.1, -0.05) is 12.2 Å². The fraction of sp³-hybridized carbons (Fsp3) is 0.143. The second kappa shape index (κ2) is 5.86. The van der Waals surface area contributed by atoms with E-state index in [1.807, 2.05) is 24.3 Å². The lowest BCUT2D eigenvalue weighted by Crippen LogP contribution is -2.31. The van der Waals surface area contributed by atoms with E-state index in [9.17, 15) is 4.79 Å². The topological polar surface area (TPSA) is 54.5 Å². The predicted molar refractivity (Wildman–Crippen MR) is 72.4 cm³/mol. The van der Waals surface area contributed by atoms with Gasteiger partial charge in [0.1, 0.15) is 5.82 Å². The van der Waals surface area contributed by atoms with E-state index in [0.717, 1.165) is 0 Å². The van der Waals surface area contributed by atoms with E-state index >= 15 is 0 Å². The summed E-state index contributed by atoms with van der Waals surface area (Å²) in [6.07, 6.45) is 10.7. The van der Waals surface area contributed by atoms with Gasteiger partial charge in [0.2, 0.25) is 5.88 Å². The zero-order valence-electron chi connectivity index (χ0n) is 10.8. The van der Waals surface area contributed by atoms with Gasteiger partial charge in [-0.3, -0.25) is 9.69 Å². The lowest BCUT2D eigenvalue weighted by molar-refractivity contribution is 0.0830. The first-order chi connectivity index (χ1) is 9.22. The number of carbonyl (C=O) groups excluding carboxylic acids is 1. The van der Waals surface area contributed by atoms with Crippen molar-refractivity contribution in [1.82, 2.24) is 15.2 Å². The van der Waals surface area contributed by atoms with Gasteiger partial charge in [0.15, 0.2) is 0 Å². The third-order valence-electron chi connectivity index (χ3n) is 2.66. The average molecular weight is 257 g/mol. The first-order valence-electron chi connectivity index (χ1n) is 5.80. The molecule has 5 heteroatoms. The van der Waals surface area contributed by atoms with E-state index in [4.69, 9.17) is 4.74 Å². The molecule has 0 unspecified atom stereocenters. The van der Waals surface area contributed by atoms with Crippen molar-refractivity contribution in [3.63, 3.8) is 0 Å². The van der Waals surface area contributed by atoms with E-state index in [1.165, 1.54) is 18.2 Å². The number of nitrogens with zero attached hydrogens (tertiary/aromatic N) is 2. The fourth-order valence-corrected chi connectivity index (χ4v) is 1.59. The molecule has 0 aliphatic carbocycles. The molecule has 0 saturated heterocycles. The van der Waals surface area contributed by atoms with Gasteiger partial charge in [0.05, 0.1) is 12.7 Å². The molecule has 1 aromatic heterocycles. The van der Waals surface area contributed by atoms with Crippen molar-refractivity contribution < 1.29 is 9.53 Å². The molecule has 0 spiro atoms. The number of rotatable bonds is 3. The molecule has 0 radical (unpaired) electrons. The number of nitrogens with one attached hydrogen (secondary N) is 1. The number of carbonyl (C=O) groups is 1. The molecule has 0 bridgehead atoms. The number of allylic oxidation sites excluding steroid dienone is 4. The van der Waals surface area contributed by atoms with Crippen LogP contribution in [-0.2, 0) is 0 Å². The quantitative estimate of drug-likeness (QED) is 0.895. The Labute approximate surface area is 111 Å². The van der Waals surface area contributed by atoms with E-state index in [1.54, 1.807) is 25.4 Å². The molecule has 1 aliphatic rings. The number of pyridine rings is 1. The highest BCUT2D eigenvalue weighted by Gasteiger charge is 2.15. The first-order valence-corrected chi connectivity index (χ1v) is 5.80. The van der Waals surface area contributed by atoms with Crippen LogP contribution in [0.4, 0.5) is 0 Å². The molecule has 1 aromatic rings. The van der Waals surface area contributed by atoms with Crippen LogP contribution in [-0.4, -0.2) is 29.9 Å². The number of aromatic nitrogens is 1. The van der Waals surface area contributed by atoms with E-state index in [-0.39, 0.29) is 5.91 Å². The van der Waals surface area contributed by atoms with Gasteiger partial charge in [0, 0.05) is 25.5 Å². The molecule has 19 heavy (non-hydrogen) atoms. The summed E-state index contributed by atoms with van der Waals surface area (Å²) < 4.78 is 4.96. The molecule has 5 nitrogen and oxygen atoms in total. The largest absolute Gasteiger partial charge is 0.481 e. The van der Waals surface area contributed by atoms with Gasteiger partial charge in [-0.05, 0) is 18.2 Å². The summed E-state index contributed by atoms with van der Waals surface area (Å²) in [5, 5.41) is 3.03.